The van der Waals surface area contributed by atoms with Gasteiger partial charge in [-0.2, -0.15) is 10.2 Å². The van der Waals surface area contributed by atoms with Crippen LogP contribution in [0, 0.1) is 6.92 Å². The summed E-state index contributed by atoms with van der Waals surface area (Å²) in [5.74, 6) is -1.15. The lowest BCUT2D eigenvalue weighted by Crippen LogP contribution is -2.27. The molecular formula is C14H19N5O3. The van der Waals surface area contributed by atoms with Crippen molar-refractivity contribution in [3.8, 4) is 0 Å². The molecule has 0 fully saturated rings. The summed E-state index contributed by atoms with van der Waals surface area (Å²) < 4.78 is 3.21. The Morgan fingerprint density at radius 3 is 2.64 bits per heavy atom. The van der Waals surface area contributed by atoms with Crippen LogP contribution in [0.5, 0.6) is 0 Å². The van der Waals surface area contributed by atoms with Gasteiger partial charge in [0.1, 0.15) is 0 Å². The molecule has 8 heteroatoms. The van der Waals surface area contributed by atoms with Gasteiger partial charge >= 0.3 is 5.97 Å². The van der Waals surface area contributed by atoms with Gasteiger partial charge in [0.25, 0.3) is 0 Å². The topological polar surface area (TPSA) is 102 Å². The molecule has 0 aromatic carbocycles. The maximum atomic E-state index is 12.0. The first-order chi connectivity index (χ1) is 10.4. The highest BCUT2D eigenvalue weighted by atomic mass is 16.4. The van der Waals surface area contributed by atoms with Gasteiger partial charge in [-0.15, -0.1) is 0 Å². The fraction of sp³-hybridized carbons (Fsp3) is 0.429. The average Bonchev–Trinajstić information content (AvgIpc) is 3.05. The van der Waals surface area contributed by atoms with Crippen molar-refractivity contribution in [1.82, 2.24) is 24.9 Å². The molecule has 2 aromatic heterocycles. The lowest BCUT2D eigenvalue weighted by Gasteiger charge is -2.13. The first-order valence-corrected chi connectivity index (χ1v) is 6.92. The normalized spacial score (nSPS) is 12.1. The van der Waals surface area contributed by atoms with Crippen molar-refractivity contribution >= 4 is 11.9 Å². The number of aryl methyl sites for hydroxylation is 2. The van der Waals surface area contributed by atoms with Crippen molar-refractivity contribution in [1.29, 1.82) is 0 Å². The second-order valence-electron chi connectivity index (χ2n) is 5.15. The van der Waals surface area contributed by atoms with E-state index in [-0.39, 0.29) is 23.9 Å². The van der Waals surface area contributed by atoms with E-state index >= 15 is 0 Å². The summed E-state index contributed by atoms with van der Waals surface area (Å²) in [5, 5.41) is 19.8. The zero-order valence-electron chi connectivity index (χ0n) is 12.8. The molecule has 0 bridgehead atoms. The number of hydrogen-bond donors (Lipinski definition) is 2. The Labute approximate surface area is 127 Å². The molecule has 2 aromatic rings. The van der Waals surface area contributed by atoms with Crippen LogP contribution in [0.3, 0.4) is 0 Å². The third-order valence-electron chi connectivity index (χ3n) is 3.57. The number of carboxylic acids is 1. The molecule has 2 rings (SSSR count). The maximum Gasteiger partial charge on any atom is 0.338 e. The van der Waals surface area contributed by atoms with E-state index in [1.807, 2.05) is 20.9 Å². The molecule has 22 heavy (non-hydrogen) atoms. The molecule has 0 saturated carbocycles. The summed E-state index contributed by atoms with van der Waals surface area (Å²) in [6.07, 6.45) is 4.64. The number of carbonyl (C=O) groups is 2. The van der Waals surface area contributed by atoms with Crippen LogP contribution >= 0.6 is 0 Å². The zero-order chi connectivity index (χ0) is 16.3. The largest absolute Gasteiger partial charge is 0.478 e. The van der Waals surface area contributed by atoms with E-state index in [0.717, 1.165) is 11.3 Å². The van der Waals surface area contributed by atoms with Gasteiger partial charge in [-0.25, -0.2) is 4.79 Å². The summed E-state index contributed by atoms with van der Waals surface area (Å²) in [6, 6.07) is -0.131. The molecule has 0 aliphatic rings. The molecule has 8 nitrogen and oxygen atoms in total. The van der Waals surface area contributed by atoms with Crippen LogP contribution in [0.2, 0.25) is 0 Å². The van der Waals surface area contributed by atoms with Gasteiger partial charge in [-0.05, 0) is 13.8 Å². The molecule has 1 atom stereocenters. The number of aromatic nitrogens is 4. The Morgan fingerprint density at radius 1 is 1.36 bits per heavy atom. The van der Waals surface area contributed by atoms with Crippen molar-refractivity contribution in [2.45, 2.75) is 32.9 Å². The molecular weight excluding hydrogens is 286 g/mol. The van der Waals surface area contributed by atoms with Crippen LogP contribution in [0.4, 0.5) is 0 Å². The van der Waals surface area contributed by atoms with Crippen molar-refractivity contribution in [3.05, 3.63) is 35.4 Å². The number of nitrogens with zero attached hydrogens (tertiary/aromatic N) is 4. The van der Waals surface area contributed by atoms with Gasteiger partial charge in [0, 0.05) is 37.5 Å². The van der Waals surface area contributed by atoms with Crippen molar-refractivity contribution in [3.63, 3.8) is 0 Å². The maximum absolute atomic E-state index is 12.0. The number of amides is 1. The van der Waals surface area contributed by atoms with Crippen LogP contribution in [0.15, 0.2) is 18.6 Å². The van der Waals surface area contributed by atoms with Crippen LogP contribution < -0.4 is 5.32 Å². The Morgan fingerprint density at radius 2 is 2.09 bits per heavy atom. The highest BCUT2D eigenvalue weighted by Crippen LogP contribution is 2.15. The smallest absolute Gasteiger partial charge is 0.338 e. The van der Waals surface area contributed by atoms with Crippen molar-refractivity contribution < 1.29 is 14.7 Å². The summed E-state index contributed by atoms with van der Waals surface area (Å²) in [7, 11) is 1.85. The quantitative estimate of drug-likeness (QED) is 0.825. The monoisotopic (exact) mass is 305 g/mol. The average molecular weight is 305 g/mol. The van der Waals surface area contributed by atoms with E-state index in [2.05, 4.69) is 15.5 Å². The van der Waals surface area contributed by atoms with Crippen LogP contribution in [0.25, 0.3) is 0 Å². The summed E-state index contributed by atoms with van der Waals surface area (Å²) in [4.78, 5) is 22.7. The summed E-state index contributed by atoms with van der Waals surface area (Å²) in [6.45, 7) is 4.18. The Kier molecular flexibility index (Phi) is 4.59. The van der Waals surface area contributed by atoms with E-state index in [9.17, 15) is 9.59 Å². The molecule has 118 valence electrons. The highest BCUT2D eigenvalue weighted by molar-refractivity contribution is 5.86. The number of carbonyl (C=O) groups excluding carboxylic acids is 1. The van der Waals surface area contributed by atoms with Gasteiger partial charge in [-0.1, -0.05) is 0 Å². The van der Waals surface area contributed by atoms with Gasteiger partial charge in [0.05, 0.1) is 24.0 Å². The molecule has 0 radical (unpaired) electrons. The zero-order valence-corrected chi connectivity index (χ0v) is 12.8. The SMILES string of the molecule is Cc1c(C(C)NC(=O)CCn2cc(C(=O)O)cn2)cnn1C. The molecule has 2 heterocycles. The molecule has 0 aliphatic heterocycles. The fourth-order valence-electron chi connectivity index (χ4n) is 2.14. The summed E-state index contributed by atoms with van der Waals surface area (Å²) >= 11 is 0. The highest BCUT2D eigenvalue weighted by Gasteiger charge is 2.14. The van der Waals surface area contributed by atoms with E-state index in [1.165, 1.54) is 17.1 Å². The van der Waals surface area contributed by atoms with Crippen LogP contribution in [-0.2, 0) is 18.4 Å². The Bertz CT molecular complexity index is 688. The van der Waals surface area contributed by atoms with E-state index in [1.54, 1.807) is 10.9 Å². The molecule has 0 spiro atoms. The minimum atomic E-state index is -1.03. The predicted molar refractivity (Wildman–Crippen MR) is 78.3 cm³/mol. The van der Waals surface area contributed by atoms with Gasteiger partial charge in [0.15, 0.2) is 0 Å². The number of aromatic carboxylic acids is 1. The van der Waals surface area contributed by atoms with E-state index in [4.69, 9.17) is 5.11 Å². The lowest BCUT2D eigenvalue weighted by atomic mass is 10.1. The summed E-state index contributed by atoms with van der Waals surface area (Å²) in [5.41, 5.74) is 2.09. The first-order valence-electron chi connectivity index (χ1n) is 6.92. The standard InChI is InChI=1S/C14H19N5O3/c1-9(12-7-15-18(3)10(12)2)17-13(20)4-5-19-8-11(6-16-19)14(21)22/h6-9H,4-5H2,1-3H3,(H,17,20)(H,21,22). The van der Waals surface area contributed by atoms with Gasteiger partial charge < -0.3 is 10.4 Å². The predicted octanol–water partition coefficient (Wildman–Crippen LogP) is 0.891. The lowest BCUT2D eigenvalue weighted by molar-refractivity contribution is -0.122. The first kappa shape index (κ1) is 15.7. The minimum absolute atomic E-state index is 0.111. The van der Waals surface area contributed by atoms with E-state index < -0.39 is 5.97 Å². The van der Waals surface area contributed by atoms with Crippen LogP contribution in [-0.4, -0.2) is 36.5 Å². The number of rotatable bonds is 6. The molecule has 0 saturated heterocycles. The molecule has 1 unspecified atom stereocenters. The number of nitrogens with one attached hydrogen (secondary N) is 1. The van der Waals surface area contributed by atoms with Crippen LogP contribution in [0.1, 0.15) is 41.0 Å². The third-order valence-corrected chi connectivity index (χ3v) is 3.57. The van der Waals surface area contributed by atoms with E-state index in [0.29, 0.717) is 6.54 Å². The Hall–Kier alpha value is -2.64. The molecule has 0 aliphatic carbocycles. The van der Waals surface area contributed by atoms with Crippen molar-refractivity contribution in [2.24, 2.45) is 7.05 Å². The third kappa shape index (κ3) is 3.51. The molecule has 2 N–H and O–H groups in total. The van der Waals surface area contributed by atoms with Gasteiger partial charge in [-0.3, -0.25) is 14.2 Å². The van der Waals surface area contributed by atoms with Crippen molar-refractivity contribution in [2.75, 3.05) is 0 Å². The Balaban J connectivity index is 1.87. The molecule has 1 amide bonds. The number of carboxylic acid groups (broad SMARTS) is 1. The number of hydrogen-bond acceptors (Lipinski definition) is 4. The second-order valence-corrected chi connectivity index (χ2v) is 5.15. The second kappa shape index (κ2) is 6.42. The minimum Gasteiger partial charge on any atom is -0.478 e. The fourth-order valence-corrected chi connectivity index (χ4v) is 2.14. The van der Waals surface area contributed by atoms with Gasteiger partial charge in [0.2, 0.25) is 5.91 Å².